The van der Waals surface area contributed by atoms with Crippen LogP contribution in [0.25, 0.3) is 0 Å². The molecule has 2 rings (SSSR count). The molecule has 0 fully saturated rings. The maximum atomic E-state index is 11.9. The molecule has 0 aliphatic heterocycles. The number of thiophene rings is 1. The van der Waals surface area contributed by atoms with Crippen molar-refractivity contribution in [2.24, 2.45) is 0 Å². The lowest BCUT2D eigenvalue weighted by Gasteiger charge is -2.05. The first kappa shape index (κ1) is 12.3. The van der Waals surface area contributed by atoms with Gasteiger partial charge in [-0.15, -0.1) is 0 Å². The lowest BCUT2D eigenvalue weighted by Crippen LogP contribution is -2.22. The molecule has 0 aliphatic rings. The Kier molecular flexibility index (Phi) is 3.75. The van der Waals surface area contributed by atoms with Crippen LogP contribution < -0.4 is 5.32 Å². The molecule has 0 atom stereocenters. The van der Waals surface area contributed by atoms with Gasteiger partial charge in [0.2, 0.25) is 0 Å². The molecule has 0 saturated carbocycles. The summed E-state index contributed by atoms with van der Waals surface area (Å²) in [5, 5.41) is 15.4. The van der Waals surface area contributed by atoms with Gasteiger partial charge >= 0.3 is 0 Å². The standard InChI is InChI=1S/C14H12N2OS/c1-10-8-18-9-13(10)14(17)16-7-12-4-2-3-11(5-12)6-15/h2-5,8-9H,7H2,1H3,(H,16,17). The van der Waals surface area contributed by atoms with Gasteiger partial charge < -0.3 is 5.32 Å². The van der Waals surface area contributed by atoms with E-state index in [2.05, 4.69) is 11.4 Å². The van der Waals surface area contributed by atoms with Crippen molar-refractivity contribution in [3.8, 4) is 6.07 Å². The Morgan fingerprint density at radius 3 is 2.94 bits per heavy atom. The van der Waals surface area contributed by atoms with Crippen molar-refractivity contribution >= 4 is 17.2 Å². The average Bonchev–Trinajstić information content (AvgIpc) is 2.82. The molecule has 0 radical (unpaired) electrons. The van der Waals surface area contributed by atoms with Gasteiger partial charge in [0.1, 0.15) is 0 Å². The van der Waals surface area contributed by atoms with Crippen molar-refractivity contribution in [3.05, 3.63) is 57.3 Å². The van der Waals surface area contributed by atoms with Gasteiger partial charge in [-0.2, -0.15) is 16.6 Å². The van der Waals surface area contributed by atoms with E-state index >= 15 is 0 Å². The van der Waals surface area contributed by atoms with Crippen molar-refractivity contribution in [2.45, 2.75) is 13.5 Å². The molecule has 90 valence electrons. The first-order valence-electron chi connectivity index (χ1n) is 5.50. The summed E-state index contributed by atoms with van der Waals surface area (Å²) in [6, 6.07) is 9.31. The Labute approximate surface area is 110 Å². The van der Waals surface area contributed by atoms with Crippen molar-refractivity contribution in [3.63, 3.8) is 0 Å². The number of hydrogen-bond acceptors (Lipinski definition) is 3. The van der Waals surface area contributed by atoms with Crippen molar-refractivity contribution in [2.75, 3.05) is 0 Å². The molecule has 0 spiro atoms. The SMILES string of the molecule is Cc1cscc1C(=O)NCc1cccc(C#N)c1. The summed E-state index contributed by atoms with van der Waals surface area (Å²) in [5.41, 5.74) is 3.24. The molecule has 0 unspecified atom stereocenters. The average molecular weight is 256 g/mol. The third-order valence-corrected chi connectivity index (χ3v) is 3.47. The summed E-state index contributed by atoms with van der Waals surface area (Å²) in [5.74, 6) is -0.0730. The second-order valence-corrected chi connectivity index (χ2v) is 4.71. The minimum absolute atomic E-state index is 0.0730. The van der Waals surface area contributed by atoms with Gasteiger partial charge in [0.25, 0.3) is 5.91 Å². The highest BCUT2D eigenvalue weighted by Crippen LogP contribution is 2.13. The predicted molar refractivity (Wildman–Crippen MR) is 71.4 cm³/mol. The minimum atomic E-state index is -0.0730. The minimum Gasteiger partial charge on any atom is -0.348 e. The van der Waals surface area contributed by atoms with Crippen LogP contribution in [-0.2, 0) is 6.54 Å². The van der Waals surface area contributed by atoms with Crippen LogP contribution in [0.2, 0.25) is 0 Å². The van der Waals surface area contributed by atoms with Gasteiger partial charge in [0, 0.05) is 11.9 Å². The van der Waals surface area contributed by atoms with E-state index < -0.39 is 0 Å². The molecular formula is C14H12N2OS. The van der Waals surface area contributed by atoms with Gasteiger partial charge in [-0.1, -0.05) is 12.1 Å². The van der Waals surface area contributed by atoms with Crippen molar-refractivity contribution < 1.29 is 4.79 Å². The van der Waals surface area contributed by atoms with Crippen molar-refractivity contribution in [1.29, 1.82) is 5.26 Å². The highest BCUT2D eigenvalue weighted by molar-refractivity contribution is 7.08. The van der Waals surface area contributed by atoms with E-state index in [1.807, 2.05) is 29.8 Å². The number of amides is 1. The molecule has 0 aliphatic carbocycles. The third-order valence-electron chi connectivity index (χ3n) is 2.61. The summed E-state index contributed by atoms with van der Waals surface area (Å²) in [6.45, 7) is 2.35. The number of carbonyl (C=O) groups excluding carboxylic acids is 1. The van der Waals surface area contributed by atoms with E-state index in [-0.39, 0.29) is 5.91 Å². The number of nitrogens with one attached hydrogen (secondary N) is 1. The molecule has 1 amide bonds. The summed E-state index contributed by atoms with van der Waals surface area (Å²) < 4.78 is 0. The monoisotopic (exact) mass is 256 g/mol. The van der Waals surface area contributed by atoms with E-state index in [1.54, 1.807) is 12.1 Å². The van der Waals surface area contributed by atoms with Crippen LogP contribution in [0, 0.1) is 18.3 Å². The molecule has 4 heteroatoms. The maximum Gasteiger partial charge on any atom is 0.252 e. The molecule has 1 aromatic carbocycles. The largest absolute Gasteiger partial charge is 0.348 e. The van der Waals surface area contributed by atoms with E-state index in [9.17, 15) is 4.79 Å². The van der Waals surface area contributed by atoms with E-state index in [0.29, 0.717) is 12.1 Å². The van der Waals surface area contributed by atoms with Crippen LogP contribution in [0.1, 0.15) is 27.0 Å². The Balaban J connectivity index is 2.02. The number of hydrogen-bond donors (Lipinski definition) is 1. The van der Waals surface area contributed by atoms with Gasteiger partial charge in [-0.25, -0.2) is 0 Å². The van der Waals surface area contributed by atoms with E-state index in [1.165, 1.54) is 11.3 Å². The zero-order valence-corrected chi connectivity index (χ0v) is 10.8. The lowest BCUT2D eigenvalue weighted by atomic mass is 10.1. The molecule has 3 nitrogen and oxygen atoms in total. The lowest BCUT2D eigenvalue weighted by molar-refractivity contribution is 0.0951. The van der Waals surface area contributed by atoms with Crippen LogP contribution in [0.4, 0.5) is 0 Å². The molecule has 18 heavy (non-hydrogen) atoms. The van der Waals surface area contributed by atoms with Gasteiger partial charge in [-0.3, -0.25) is 4.79 Å². The number of aryl methyl sites for hydroxylation is 1. The van der Waals surface area contributed by atoms with Gasteiger partial charge in [-0.05, 0) is 35.6 Å². The fourth-order valence-corrected chi connectivity index (χ4v) is 2.45. The maximum absolute atomic E-state index is 11.9. The first-order chi connectivity index (χ1) is 8.70. The summed E-state index contributed by atoms with van der Waals surface area (Å²) in [6.07, 6.45) is 0. The fraction of sp³-hybridized carbons (Fsp3) is 0.143. The van der Waals surface area contributed by atoms with Crippen LogP contribution in [-0.4, -0.2) is 5.91 Å². The molecule has 1 N–H and O–H groups in total. The number of nitrogens with zero attached hydrogens (tertiary/aromatic N) is 1. The number of nitriles is 1. The summed E-state index contributed by atoms with van der Waals surface area (Å²) in [7, 11) is 0. The highest BCUT2D eigenvalue weighted by Gasteiger charge is 2.09. The second-order valence-electron chi connectivity index (χ2n) is 3.96. The smallest absolute Gasteiger partial charge is 0.252 e. The number of rotatable bonds is 3. The summed E-state index contributed by atoms with van der Waals surface area (Å²) in [4.78, 5) is 11.9. The predicted octanol–water partition coefficient (Wildman–Crippen LogP) is 2.86. The topological polar surface area (TPSA) is 52.9 Å². The van der Waals surface area contributed by atoms with Crippen molar-refractivity contribution in [1.82, 2.24) is 5.32 Å². The number of benzene rings is 1. The Bertz CT molecular complexity index is 610. The van der Waals surface area contributed by atoms with Gasteiger partial charge in [0.05, 0.1) is 17.2 Å². The zero-order valence-electron chi connectivity index (χ0n) is 9.93. The first-order valence-corrected chi connectivity index (χ1v) is 6.45. The van der Waals surface area contributed by atoms with Crippen LogP contribution in [0.3, 0.4) is 0 Å². The number of carbonyl (C=O) groups is 1. The fourth-order valence-electron chi connectivity index (χ4n) is 1.62. The van der Waals surface area contributed by atoms with Crippen LogP contribution in [0.5, 0.6) is 0 Å². The molecule has 1 aromatic heterocycles. The van der Waals surface area contributed by atoms with E-state index in [0.717, 1.165) is 16.7 Å². The molecule has 2 aromatic rings. The Morgan fingerprint density at radius 1 is 1.44 bits per heavy atom. The molecule has 1 heterocycles. The zero-order chi connectivity index (χ0) is 13.0. The second kappa shape index (κ2) is 5.48. The quantitative estimate of drug-likeness (QED) is 0.918. The van der Waals surface area contributed by atoms with Gasteiger partial charge in [0.15, 0.2) is 0 Å². The van der Waals surface area contributed by atoms with Crippen LogP contribution >= 0.6 is 11.3 Å². The molecule has 0 saturated heterocycles. The third kappa shape index (κ3) is 2.76. The molecule has 0 bridgehead atoms. The Hall–Kier alpha value is -2.12. The van der Waals surface area contributed by atoms with E-state index in [4.69, 9.17) is 5.26 Å². The molecular weight excluding hydrogens is 244 g/mol. The Morgan fingerprint density at radius 2 is 2.28 bits per heavy atom. The summed E-state index contributed by atoms with van der Waals surface area (Å²) >= 11 is 1.52. The highest BCUT2D eigenvalue weighted by atomic mass is 32.1. The normalized spacial score (nSPS) is 9.78. The van der Waals surface area contributed by atoms with Crippen LogP contribution in [0.15, 0.2) is 35.0 Å².